The number of para-hydroxylation sites is 1. The lowest BCUT2D eigenvalue weighted by Crippen LogP contribution is -2.54. The SMILES string of the molecule is Cc1ccc(CN(C(=O)CN(c2ccccc2Cl)S(C)(=O)=O)[C@H](C)C(=O)NC(C)(C)C)cc1. The van der Waals surface area contributed by atoms with Crippen molar-refractivity contribution in [2.45, 2.75) is 52.7 Å². The van der Waals surface area contributed by atoms with E-state index in [0.717, 1.165) is 21.7 Å². The molecule has 7 nitrogen and oxygen atoms in total. The van der Waals surface area contributed by atoms with Gasteiger partial charge in [0.1, 0.15) is 12.6 Å². The Bertz CT molecular complexity index is 1100. The van der Waals surface area contributed by atoms with Gasteiger partial charge in [-0.05, 0) is 52.3 Å². The van der Waals surface area contributed by atoms with Crippen LogP contribution in [0.4, 0.5) is 5.69 Å². The van der Waals surface area contributed by atoms with Crippen LogP contribution >= 0.6 is 11.6 Å². The Morgan fingerprint density at radius 3 is 2.15 bits per heavy atom. The number of hydrogen-bond donors (Lipinski definition) is 1. The molecule has 33 heavy (non-hydrogen) atoms. The van der Waals surface area contributed by atoms with Crippen LogP contribution in [0.1, 0.15) is 38.8 Å². The first-order chi connectivity index (χ1) is 15.2. The first-order valence-electron chi connectivity index (χ1n) is 10.6. The van der Waals surface area contributed by atoms with Crippen molar-refractivity contribution in [3.05, 3.63) is 64.7 Å². The molecule has 0 unspecified atom stereocenters. The summed E-state index contributed by atoms with van der Waals surface area (Å²) in [6.07, 6.45) is 1.02. The number of carbonyl (C=O) groups is 2. The lowest BCUT2D eigenvalue weighted by atomic mass is 10.1. The van der Waals surface area contributed by atoms with Crippen LogP contribution in [0.5, 0.6) is 0 Å². The van der Waals surface area contributed by atoms with Crippen LogP contribution in [0.2, 0.25) is 5.02 Å². The molecule has 0 saturated carbocycles. The zero-order valence-electron chi connectivity index (χ0n) is 19.9. The summed E-state index contributed by atoms with van der Waals surface area (Å²) in [5.41, 5.74) is 1.61. The second-order valence-electron chi connectivity index (χ2n) is 9.14. The standard InChI is InChI=1S/C24H32ClN3O4S/c1-17-11-13-19(14-12-17)15-27(18(2)23(30)26-24(3,4)5)22(29)16-28(33(6,31)32)21-10-8-7-9-20(21)25/h7-14,18H,15-16H2,1-6H3,(H,26,30)/t18-/m1/s1. The summed E-state index contributed by atoms with van der Waals surface area (Å²) in [5, 5.41) is 3.10. The van der Waals surface area contributed by atoms with Gasteiger partial charge in [-0.1, -0.05) is 53.6 Å². The highest BCUT2D eigenvalue weighted by atomic mass is 35.5. The van der Waals surface area contributed by atoms with Crippen molar-refractivity contribution >= 4 is 39.1 Å². The second-order valence-corrected chi connectivity index (χ2v) is 11.5. The molecule has 2 amide bonds. The zero-order valence-corrected chi connectivity index (χ0v) is 21.5. The van der Waals surface area contributed by atoms with E-state index < -0.39 is 34.1 Å². The Kier molecular flexibility index (Phi) is 8.54. The summed E-state index contributed by atoms with van der Waals surface area (Å²) in [6.45, 7) is 8.82. The van der Waals surface area contributed by atoms with Gasteiger partial charge in [-0.25, -0.2) is 8.42 Å². The number of benzene rings is 2. The van der Waals surface area contributed by atoms with E-state index in [1.807, 2.05) is 52.0 Å². The summed E-state index contributed by atoms with van der Waals surface area (Å²) in [6, 6.07) is 13.2. The van der Waals surface area contributed by atoms with Crippen molar-refractivity contribution in [3.8, 4) is 0 Å². The minimum Gasteiger partial charge on any atom is -0.350 e. The van der Waals surface area contributed by atoms with Gasteiger partial charge in [-0.15, -0.1) is 0 Å². The number of rotatable bonds is 8. The average Bonchev–Trinajstić information content (AvgIpc) is 2.69. The molecule has 9 heteroatoms. The van der Waals surface area contributed by atoms with Crippen molar-refractivity contribution in [2.24, 2.45) is 0 Å². The molecule has 2 aromatic carbocycles. The number of halogens is 1. The van der Waals surface area contributed by atoms with Gasteiger partial charge in [0.05, 0.1) is 17.0 Å². The highest BCUT2D eigenvalue weighted by Crippen LogP contribution is 2.27. The van der Waals surface area contributed by atoms with Crippen molar-refractivity contribution in [2.75, 3.05) is 17.1 Å². The fraction of sp³-hybridized carbons (Fsp3) is 0.417. The fourth-order valence-corrected chi connectivity index (χ4v) is 4.34. The molecule has 0 fully saturated rings. The summed E-state index contributed by atoms with van der Waals surface area (Å²) >= 11 is 6.22. The summed E-state index contributed by atoms with van der Waals surface area (Å²) in [7, 11) is -3.82. The van der Waals surface area contributed by atoms with E-state index in [9.17, 15) is 18.0 Å². The molecular weight excluding hydrogens is 462 g/mol. The molecule has 0 heterocycles. The fourth-order valence-electron chi connectivity index (χ4n) is 3.20. The highest BCUT2D eigenvalue weighted by molar-refractivity contribution is 7.92. The van der Waals surface area contributed by atoms with Crippen molar-refractivity contribution in [1.82, 2.24) is 10.2 Å². The normalized spacial score (nSPS) is 12.7. The third-order valence-corrected chi connectivity index (χ3v) is 6.39. The second kappa shape index (κ2) is 10.6. The van der Waals surface area contributed by atoms with Crippen LogP contribution in [0, 0.1) is 6.92 Å². The van der Waals surface area contributed by atoms with Gasteiger partial charge in [0, 0.05) is 12.1 Å². The topological polar surface area (TPSA) is 86.8 Å². The highest BCUT2D eigenvalue weighted by Gasteiger charge is 2.31. The Morgan fingerprint density at radius 2 is 1.64 bits per heavy atom. The van der Waals surface area contributed by atoms with Crippen LogP contribution in [-0.2, 0) is 26.2 Å². The van der Waals surface area contributed by atoms with E-state index in [1.54, 1.807) is 25.1 Å². The number of aryl methyl sites for hydroxylation is 1. The molecule has 0 aliphatic carbocycles. The minimum atomic E-state index is -3.82. The molecule has 0 aliphatic rings. The Morgan fingerprint density at radius 1 is 1.06 bits per heavy atom. The molecule has 0 bridgehead atoms. The van der Waals surface area contributed by atoms with Crippen molar-refractivity contribution < 1.29 is 18.0 Å². The van der Waals surface area contributed by atoms with E-state index in [-0.39, 0.29) is 23.2 Å². The van der Waals surface area contributed by atoms with Gasteiger partial charge in [0.2, 0.25) is 21.8 Å². The van der Waals surface area contributed by atoms with E-state index in [4.69, 9.17) is 11.6 Å². The maximum Gasteiger partial charge on any atom is 0.244 e. The maximum atomic E-state index is 13.5. The van der Waals surface area contributed by atoms with E-state index in [1.165, 1.54) is 11.0 Å². The number of carbonyl (C=O) groups excluding carboxylic acids is 2. The van der Waals surface area contributed by atoms with Gasteiger partial charge in [-0.3, -0.25) is 13.9 Å². The van der Waals surface area contributed by atoms with Gasteiger partial charge in [-0.2, -0.15) is 0 Å². The number of sulfonamides is 1. The van der Waals surface area contributed by atoms with Gasteiger partial charge in [0.15, 0.2) is 0 Å². The molecule has 2 rings (SSSR count). The first kappa shape index (κ1) is 26.7. The largest absolute Gasteiger partial charge is 0.350 e. The predicted octanol–water partition coefficient (Wildman–Crippen LogP) is 3.75. The van der Waals surface area contributed by atoms with Crippen LogP contribution in [-0.4, -0.2) is 49.5 Å². The van der Waals surface area contributed by atoms with E-state index in [2.05, 4.69) is 5.32 Å². The van der Waals surface area contributed by atoms with Crippen molar-refractivity contribution in [1.29, 1.82) is 0 Å². The van der Waals surface area contributed by atoms with Gasteiger partial charge in [0.25, 0.3) is 0 Å². The van der Waals surface area contributed by atoms with Crippen LogP contribution in [0.3, 0.4) is 0 Å². The molecule has 0 saturated heterocycles. The van der Waals surface area contributed by atoms with Crippen LogP contribution in [0.25, 0.3) is 0 Å². The Labute approximate surface area is 201 Å². The molecule has 2 aromatic rings. The summed E-state index contributed by atoms with van der Waals surface area (Å²) in [4.78, 5) is 27.8. The van der Waals surface area contributed by atoms with Crippen molar-refractivity contribution in [3.63, 3.8) is 0 Å². The third-order valence-electron chi connectivity index (χ3n) is 4.94. The zero-order chi connectivity index (χ0) is 25.0. The first-order valence-corrected chi connectivity index (χ1v) is 12.8. The molecule has 0 radical (unpaired) electrons. The predicted molar refractivity (Wildman–Crippen MR) is 133 cm³/mol. The Balaban J connectivity index is 2.41. The molecule has 0 aliphatic heterocycles. The maximum absolute atomic E-state index is 13.5. The number of amides is 2. The monoisotopic (exact) mass is 493 g/mol. The summed E-state index contributed by atoms with van der Waals surface area (Å²) < 4.78 is 26.1. The van der Waals surface area contributed by atoms with Crippen LogP contribution in [0.15, 0.2) is 48.5 Å². The van der Waals surface area contributed by atoms with Gasteiger partial charge >= 0.3 is 0 Å². The lowest BCUT2D eigenvalue weighted by Gasteiger charge is -2.33. The molecule has 1 N–H and O–H groups in total. The van der Waals surface area contributed by atoms with Crippen LogP contribution < -0.4 is 9.62 Å². The number of nitrogens with zero attached hydrogens (tertiary/aromatic N) is 2. The average molecular weight is 494 g/mol. The lowest BCUT2D eigenvalue weighted by molar-refractivity contribution is -0.140. The molecular formula is C24H32ClN3O4S. The molecule has 180 valence electrons. The van der Waals surface area contributed by atoms with Gasteiger partial charge < -0.3 is 10.2 Å². The van der Waals surface area contributed by atoms with E-state index >= 15 is 0 Å². The minimum absolute atomic E-state index is 0.151. The quantitative estimate of drug-likeness (QED) is 0.606. The number of nitrogens with one attached hydrogen (secondary N) is 1. The number of hydrogen-bond acceptors (Lipinski definition) is 4. The number of anilines is 1. The molecule has 1 atom stereocenters. The van der Waals surface area contributed by atoms with E-state index in [0.29, 0.717) is 0 Å². The Hall–Kier alpha value is -2.58. The smallest absolute Gasteiger partial charge is 0.244 e. The third kappa shape index (κ3) is 7.75. The molecule has 0 aromatic heterocycles. The summed E-state index contributed by atoms with van der Waals surface area (Å²) in [5.74, 6) is -0.843. The molecule has 0 spiro atoms.